The Morgan fingerprint density at radius 2 is 0.857 bits per heavy atom. The zero-order valence-corrected chi connectivity index (χ0v) is 17.2. The van der Waals surface area contributed by atoms with Crippen LogP contribution < -0.4 is 0 Å². The molecule has 0 saturated carbocycles. The molecule has 0 bridgehead atoms. The lowest BCUT2D eigenvalue weighted by molar-refractivity contribution is -0.142. The predicted molar refractivity (Wildman–Crippen MR) is 103 cm³/mol. The van der Waals surface area contributed by atoms with Crippen LogP contribution in [0.25, 0.3) is 0 Å². The summed E-state index contributed by atoms with van der Waals surface area (Å²) in [6.07, 6.45) is 3.53. The Bertz CT molecular complexity index is 316. The van der Waals surface area contributed by atoms with Crippen molar-refractivity contribution >= 4 is 5.97 Å². The second-order valence-electron chi connectivity index (χ2n) is 5.83. The van der Waals surface area contributed by atoms with Gasteiger partial charge in [-0.2, -0.15) is 0 Å². The molecule has 0 aliphatic heterocycles. The maximum atomic E-state index is 10.2. The molecular formula is C19H38O9. The molecule has 0 saturated heterocycles. The fourth-order valence-electron chi connectivity index (χ4n) is 1.93. The Labute approximate surface area is 168 Å². The average molecular weight is 411 g/mol. The van der Waals surface area contributed by atoms with Crippen LogP contribution in [-0.4, -0.2) is 104 Å². The Kier molecular flexibility index (Phi) is 23.5. The predicted octanol–water partition coefficient (Wildman–Crippen LogP) is 1.38. The smallest absolute Gasteiger partial charge is 0.329 e. The summed E-state index contributed by atoms with van der Waals surface area (Å²) in [5.74, 6) is -0.985. The van der Waals surface area contributed by atoms with Gasteiger partial charge in [-0.05, 0) is 6.42 Å². The molecule has 0 aliphatic carbocycles. The van der Waals surface area contributed by atoms with Gasteiger partial charge in [0.2, 0.25) is 0 Å². The van der Waals surface area contributed by atoms with E-state index in [4.69, 9.17) is 38.3 Å². The minimum Gasteiger partial charge on any atom is -0.480 e. The van der Waals surface area contributed by atoms with Gasteiger partial charge in [-0.25, -0.2) is 4.79 Å². The summed E-state index contributed by atoms with van der Waals surface area (Å²) in [4.78, 5) is 10.2. The fraction of sp³-hybridized carbons (Fsp3) is 0.947. The SMILES string of the molecule is CCCCCOCCOCCOCCOCCOCCOCCOCC(=O)O. The Morgan fingerprint density at radius 1 is 0.536 bits per heavy atom. The van der Waals surface area contributed by atoms with Crippen molar-refractivity contribution in [3.05, 3.63) is 0 Å². The minimum atomic E-state index is -0.985. The molecule has 0 unspecified atom stereocenters. The highest BCUT2D eigenvalue weighted by molar-refractivity contribution is 5.67. The van der Waals surface area contributed by atoms with Crippen molar-refractivity contribution in [2.75, 3.05) is 92.5 Å². The number of aliphatic carboxylic acids is 1. The van der Waals surface area contributed by atoms with Gasteiger partial charge >= 0.3 is 5.97 Å². The van der Waals surface area contributed by atoms with Crippen LogP contribution in [0.3, 0.4) is 0 Å². The minimum absolute atomic E-state index is 0.257. The Hall–Kier alpha value is -0.810. The standard InChI is InChI=1S/C19H38O9/c1-2-3-4-5-22-6-7-23-8-9-24-10-11-25-12-13-26-14-15-27-16-17-28-18-19(20)21/h2-18H2,1H3,(H,20,21). The number of hydrogen-bond acceptors (Lipinski definition) is 8. The van der Waals surface area contributed by atoms with Crippen LogP contribution >= 0.6 is 0 Å². The molecule has 28 heavy (non-hydrogen) atoms. The molecule has 0 aromatic rings. The van der Waals surface area contributed by atoms with E-state index in [1.54, 1.807) is 0 Å². The topological polar surface area (TPSA) is 102 Å². The van der Waals surface area contributed by atoms with Crippen LogP contribution in [0.1, 0.15) is 26.2 Å². The lowest BCUT2D eigenvalue weighted by Crippen LogP contribution is -2.15. The van der Waals surface area contributed by atoms with Gasteiger partial charge in [0.25, 0.3) is 0 Å². The van der Waals surface area contributed by atoms with Crippen molar-refractivity contribution in [3.8, 4) is 0 Å². The van der Waals surface area contributed by atoms with E-state index in [1.807, 2.05) is 0 Å². The third-order valence-electron chi connectivity index (χ3n) is 3.35. The second-order valence-corrected chi connectivity index (χ2v) is 5.83. The highest BCUT2D eigenvalue weighted by atomic mass is 16.6. The van der Waals surface area contributed by atoms with Crippen LogP contribution in [0.4, 0.5) is 0 Å². The van der Waals surface area contributed by atoms with Crippen molar-refractivity contribution in [3.63, 3.8) is 0 Å². The summed E-state index contributed by atoms with van der Waals surface area (Å²) < 4.78 is 37.0. The van der Waals surface area contributed by atoms with E-state index in [0.29, 0.717) is 72.7 Å². The molecule has 0 spiro atoms. The van der Waals surface area contributed by atoms with Crippen molar-refractivity contribution in [2.24, 2.45) is 0 Å². The zero-order valence-electron chi connectivity index (χ0n) is 17.2. The van der Waals surface area contributed by atoms with Gasteiger partial charge in [-0.1, -0.05) is 19.8 Å². The van der Waals surface area contributed by atoms with Gasteiger partial charge in [0.05, 0.1) is 79.3 Å². The number of ether oxygens (including phenoxy) is 7. The van der Waals surface area contributed by atoms with Gasteiger partial charge in [-0.3, -0.25) is 0 Å². The summed E-state index contributed by atoms with van der Waals surface area (Å²) in [5.41, 5.74) is 0. The molecule has 1 N–H and O–H groups in total. The normalized spacial score (nSPS) is 11.2. The Morgan fingerprint density at radius 3 is 1.18 bits per heavy atom. The molecule has 168 valence electrons. The molecule has 0 atom stereocenters. The monoisotopic (exact) mass is 410 g/mol. The zero-order chi connectivity index (χ0) is 20.5. The number of carbonyl (C=O) groups is 1. The molecule has 0 aromatic carbocycles. The van der Waals surface area contributed by atoms with Gasteiger partial charge in [0.15, 0.2) is 0 Å². The third kappa shape index (κ3) is 25.2. The summed E-state index contributed by atoms with van der Waals surface area (Å²) in [5, 5.41) is 8.37. The fourth-order valence-corrected chi connectivity index (χ4v) is 1.93. The van der Waals surface area contributed by atoms with E-state index in [0.717, 1.165) is 13.0 Å². The van der Waals surface area contributed by atoms with Gasteiger partial charge in [0.1, 0.15) is 6.61 Å². The van der Waals surface area contributed by atoms with Crippen molar-refractivity contribution < 1.29 is 43.1 Å². The van der Waals surface area contributed by atoms with E-state index in [2.05, 4.69) is 6.92 Å². The quantitative estimate of drug-likeness (QED) is 0.236. The van der Waals surface area contributed by atoms with Crippen molar-refractivity contribution in [2.45, 2.75) is 26.2 Å². The molecule has 9 nitrogen and oxygen atoms in total. The largest absolute Gasteiger partial charge is 0.480 e. The third-order valence-corrected chi connectivity index (χ3v) is 3.35. The first-order chi connectivity index (χ1) is 13.8. The second kappa shape index (κ2) is 24.2. The maximum absolute atomic E-state index is 10.2. The number of hydrogen-bond donors (Lipinski definition) is 1. The Balaban J connectivity index is 2.99. The summed E-state index contributed by atoms with van der Waals surface area (Å²) in [7, 11) is 0. The highest BCUT2D eigenvalue weighted by Crippen LogP contribution is 1.93. The van der Waals surface area contributed by atoms with Crippen molar-refractivity contribution in [1.82, 2.24) is 0 Å². The van der Waals surface area contributed by atoms with Crippen LogP contribution in [-0.2, 0) is 38.0 Å². The first-order valence-electron chi connectivity index (χ1n) is 10.0. The molecule has 0 aliphatic rings. The van der Waals surface area contributed by atoms with Crippen LogP contribution in [0.5, 0.6) is 0 Å². The first-order valence-corrected chi connectivity index (χ1v) is 10.0. The molecule has 9 heteroatoms. The van der Waals surface area contributed by atoms with Crippen LogP contribution in [0.15, 0.2) is 0 Å². The van der Waals surface area contributed by atoms with E-state index in [9.17, 15) is 4.79 Å². The molecule has 0 aromatic heterocycles. The molecule has 0 amide bonds. The van der Waals surface area contributed by atoms with E-state index >= 15 is 0 Å². The summed E-state index contributed by atoms with van der Waals surface area (Å²) in [6, 6.07) is 0. The maximum Gasteiger partial charge on any atom is 0.329 e. The molecule has 0 radical (unpaired) electrons. The van der Waals surface area contributed by atoms with Crippen LogP contribution in [0.2, 0.25) is 0 Å². The molecule has 0 heterocycles. The summed E-state index contributed by atoms with van der Waals surface area (Å²) in [6.45, 7) is 8.54. The van der Waals surface area contributed by atoms with E-state index in [-0.39, 0.29) is 13.2 Å². The molecular weight excluding hydrogens is 372 g/mol. The van der Waals surface area contributed by atoms with E-state index in [1.165, 1.54) is 12.8 Å². The molecule has 0 fully saturated rings. The van der Waals surface area contributed by atoms with Gasteiger partial charge < -0.3 is 38.3 Å². The number of unbranched alkanes of at least 4 members (excludes halogenated alkanes) is 2. The number of carboxylic acids is 1. The van der Waals surface area contributed by atoms with E-state index < -0.39 is 5.97 Å². The average Bonchev–Trinajstić information content (AvgIpc) is 2.68. The van der Waals surface area contributed by atoms with Gasteiger partial charge in [0, 0.05) is 6.61 Å². The van der Waals surface area contributed by atoms with Crippen LogP contribution in [0, 0.1) is 0 Å². The lowest BCUT2D eigenvalue weighted by Gasteiger charge is -2.08. The summed E-state index contributed by atoms with van der Waals surface area (Å²) >= 11 is 0. The highest BCUT2D eigenvalue weighted by Gasteiger charge is 1.96. The molecule has 0 rings (SSSR count). The number of rotatable bonds is 24. The number of carboxylic acid groups (broad SMARTS) is 1. The first kappa shape index (κ1) is 27.2. The van der Waals surface area contributed by atoms with Crippen molar-refractivity contribution in [1.29, 1.82) is 0 Å². The lowest BCUT2D eigenvalue weighted by atomic mass is 10.3. The van der Waals surface area contributed by atoms with Gasteiger partial charge in [-0.15, -0.1) is 0 Å².